The molecule has 0 fully saturated rings. The number of aliphatic carboxylic acids is 1. The minimum absolute atomic E-state index is 0.0547. The normalized spacial score (nSPS) is 12.2. The fraction of sp³-hybridized carbons (Fsp3) is 0.417. The van der Waals surface area contributed by atoms with E-state index in [2.05, 4.69) is 0 Å². The summed E-state index contributed by atoms with van der Waals surface area (Å²) in [4.78, 5) is 10.7. The lowest BCUT2D eigenvalue weighted by molar-refractivity contribution is -0.150. The van der Waals surface area contributed by atoms with Gasteiger partial charge in [0.25, 0.3) is 0 Å². The Morgan fingerprint density at radius 2 is 2.17 bits per heavy atom. The Balaban J connectivity index is 2.49. The molecule has 18 heavy (non-hydrogen) atoms. The van der Waals surface area contributed by atoms with Gasteiger partial charge in [-0.3, -0.25) is 0 Å². The summed E-state index contributed by atoms with van der Waals surface area (Å²) in [6.07, 6.45) is -0.953. The number of carboxylic acid groups (broad SMARTS) is 1. The molecule has 0 aliphatic heterocycles. The SMILES string of the molecule is CCOC(CCOc1cc(F)ccc1F)C(=O)O. The van der Waals surface area contributed by atoms with Crippen LogP contribution in [0.4, 0.5) is 8.78 Å². The molecule has 6 heteroatoms. The van der Waals surface area contributed by atoms with Gasteiger partial charge in [0.2, 0.25) is 0 Å². The number of benzene rings is 1. The fourth-order valence-electron chi connectivity index (χ4n) is 1.34. The first kappa shape index (κ1) is 14.4. The monoisotopic (exact) mass is 260 g/mol. The molecule has 1 rings (SSSR count). The highest BCUT2D eigenvalue weighted by atomic mass is 19.1. The fourth-order valence-corrected chi connectivity index (χ4v) is 1.34. The highest BCUT2D eigenvalue weighted by Gasteiger charge is 2.17. The van der Waals surface area contributed by atoms with Crippen molar-refractivity contribution in [1.82, 2.24) is 0 Å². The van der Waals surface area contributed by atoms with Crippen LogP contribution < -0.4 is 4.74 Å². The van der Waals surface area contributed by atoms with Crippen molar-refractivity contribution in [3.05, 3.63) is 29.8 Å². The Bertz CT molecular complexity index is 409. The van der Waals surface area contributed by atoms with Crippen molar-refractivity contribution in [1.29, 1.82) is 0 Å². The van der Waals surface area contributed by atoms with Crippen molar-refractivity contribution >= 4 is 5.97 Å². The quantitative estimate of drug-likeness (QED) is 0.816. The third kappa shape index (κ3) is 4.29. The van der Waals surface area contributed by atoms with Gasteiger partial charge in [-0.05, 0) is 19.1 Å². The Kier molecular flexibility index (Phi) is 5.51. The van der Waals surface area contributed by atoms with E-state index in [0.717, 1.165) is 18.2 Å². The topological polar surface area (TPSA) is 55.8 Å². The summed E-state index contributed by atoms with van der Waals surface area (Å²) in [5, 5.41) is 8.79. The van der Waals surface area contributed by atoms with Crippen molar-refractivity contribution in [3.8, 4) is 5.75 Å². The molecular formula is C12H14F2O4. The Morgan fingerprint density at radius 1 is 1.44 bits per heavy atom. The minimum atomic E-state index is -1.11. The Morgan fingerprint density at radius 3 is 2.78 bits per heavy atom. The van der Waals surface area contributed by atoms with Gasteiger partial charge in [-0.1, -0.05) is 0 Å². The Hall–Kier alpha value is -1.69. The number of hydrogen-bond acceptors (Lipinski definition) is 3. The lowest BCUT2D eigenvalue weighted by Gasteiger charge is -2.13. The van der Waals surface area contributed by atoms with Gasteiger partial charge in [0.15, 0.2) is 17.7 Å². The van der Waals surface area contributed by atoms with Gasteiger partial charge in [-0.25, -0.2) is 13.6 Å². The Labute approximate surface area is 103 Å². The number of ether oxygens (including phenoxy) is 2. The number of halogens is 2. The molecule has 1 unspecified atom stereocenters. The maximum Gasteiger partial charge on any atom is 0.332 e. The first-order valence-electron chi connectivity index (χ1n) is 5.46. The highest BCUT2D eigenvalue weighted by molar-refractivity contribution is 5.72. The molecular weight excluding hydrogens is 246 g/mol. The molecule has 100 valence electrons. The second-order valence-electron chi connectivity index (χ2n) is 3.49. The summed E-state index contributed by atoms with van der Waals surface area (Å²) in [5.74, 6) is -2.67. The van der Waals surface area contributed by atoms with E-state index in [0.29, 0.717) is 0 Å². The summed E-state index contributed by atoms with van der Waals surface area (Å²) in [6.45, 7) is 1.85. The predicted octanol–water partition coefficient (Wildman–Crippen LogP) is 2.22. The molecule has 0 aliphatic rings. The molecule has 4 nitrogen and oxygen atoms in total. The molecule has 0 saturated carbocycles. The number of carboxylic acids is 1. The first-order valence-corrected chi connectivity index (χ1v) is 5.46. The van der Waals surface area contributed by atoms with Crippen LogP contribution in [-0.2, 0) is 9.53 Å². The van der Waals surface area contributed by atoms with E-state index < -0.39 is 23.7 Å². The largest absolute Gasteiger partial charge is 0.490 e. The van der Waals surface area contributed by atoms with Crippen LogP contribution in [0.5, 0.6) is 5.75 Å². The molecule has 0 bridgehead atoms. The highest BCUT2D eigenvalue weighted by Crippen LogP contribution is 2.18. The zero-order valence-corrected chi connectivity index (χ0v) is 9.86. The molecule has 0 aliphatic carbocycles. The molecule has 1 atom stereocenters. The molecule has 0 heterocycles. The maximum atomic E-state index is 13.2. The second kappa shape index (κ2) is 6.90. The number of hydrogen-bond donors (Lipinski definition) is 1. The third-order valence-electron chi connectivity index (χ3n) is 2.17. The lowest BCUT2D eigenvalue weighted by Crippen LogP contribution is -2.26. The van der Waals surface area contributed by atoms with Crippen LogP contribution in [0, 0.1) is 11.6 Å². The van der Waals surface area contributed by atoms with Gasteiger partial charge in [0.05, 0.1) is 6.61 Å². The summed E-state index contributed by atoms with van der Waals surface area (Å²) in [7, 11) is 0. The second-order valence-corrected chi connectivity index (χ2v) is 3.49. The molecule has 1 aromatic carbocycles. The van der Waals surface area contributed by atoms with Gasteiger partial charge >= 0.3 is 5.97 Å². The van der Waals surface area contributed by atoms with Gasteiger partial charge < -0.3 is 14.6 Å². The summed E-state index contributed by atoms with van der Waals surface area (Å²) >= 11 is 0. The predicted molar refractivity (Wildman–Crippen MR) is 59.5 cm³/mol. The van der Waals surface area contributed by atoms with Crippen LogP contribution in [0.2, 0.25) is 0 Å². The van der Waals surface area contributed by atoms with Gasteiger partial charge in [-0.2, -0.15) is 0 Å². The van der Waals surface area contributed by atoms with Crippen molar-refractivity contribution in [2.24, 2.45) is 0 Å². The molecule has 0 radical (unpaired) electrons. The third-order valence-corrected chi connectivity index (χ3v) is 2.17. The number of carbonyl (C=O) groups is 1. The molecule has 1 aromatic rings. The van der Waals surface area contributed by atoms with E-state index >= 15 is 0 Å². The summed E-state index contributed by atoms with van der Waals surface area (Å²) in [5.41, 5.74) is 0. The van der Waals surface area contributed by atoms with E-state index in [-0.39, 0.29) is 25.4 Å². The molecule has 0 spiro atoms. The van der Waals surface area contributed by atoms with Gasteiger partial charge in [-0.15, -0.1) is 0 Å². The van der Waals surface area contributed by atoms with Crippen LogP contribution in [0.25, 0.3) is 0 Å². The molecule has 0 aromatic heterocycles. The van der Waals surface area contributed by atoms with E-state index in [1.54, 1.807) is 6.92 Å². The van der Waals surface area contributed by atoms with E-state index in [1.807, 2.05) is 0 Å². The van der Waals surface area contributed by atoms with Crippen molar-refractivity contribution in [2.45, 2.75) is 19.4 Å². The van der Waals surface area contributed by atoms with Crippen LogP contribution in [0.15, 0.2) is 18.2 Å². The smallest absolute Gasteiger partial charge is 0.332 e. The first-order chi connectivity index (χ1) is 8.54. The average Bonchev–Trinajstić information content (AvgIpc) is 2.32. The van der Waals surface area contributed by atoms with Crippen LogP contribution >= 0.6 is 0 Å². The van der Waals surface area contributed by atoms with Crippen LogP contribution in [0.3, 0.4) is 0 Å². The molecule has 0 saturated heterocycles. The van der Waals surface area contributed by atoms with E-state index in [4.69, 9.17) is 14.6 Å². The van der Waals surface area contributed by atoms with Gasteiger partial charge in [0, 0.05) is 19.1 Å². The van der Waals surface area contributed by atoms with Crippen molar-refractivity contribution in [2.75, 3.05) is 13.2 Å². The lowest BCUT2D eigenvalue weighted by atomic mass is 10.2. The van der Waals surface area contributed by atoms with Crippen molar-refractivity contribution in [3.63, 3.8) is 0 Å². The average molecular weight is 260 g/mol. The molecule has 0 amide bonds. The summed E-state index contributed by atoms with van der Waals surface area (Å²) in [6, 6.07) is 2.83. The van der Waals surface area contributed by atoms with E-state index in [1.165, 1.54) is 0 Å². The van der Waals surface area contributed by atoms with E-state index in [9.17, 15) is 13.6 Å². The standard InChI is InChI=1S/C12H14F2O4/c1-2-17-10(12(15)16)5-6-18-11-7-8(13)3-4-9(11)14/h3-4,7,10H,2,5-6H2,1H3,(H,15,16). The van der Waals surface area contributed by atoms with Crippen LogP contribution in [-0.4, -0.2) is 30.4 Å². The zero-order chi connectivity index (χ0) is 13.5. The zero-order valence-electron chi connectivity index (χ0n) is 9.86. The number of rotatable bonds is 7. The van der Waals surface area contributed by atoms with Gasteiger partial charge in [0.1, 0.15) is 5.82 Å². The minimum Gasteiger partial charge on any atom is -0.490 e. The summed E-state index contributed by atoms with van der Waals surface area (Å²) < 4.78 is 35.9. The molecule has 1 N–H and O–H groups in total. The van der Waals surface area contributed by atoms with Crippen LogP contribution in [0.1, 0.15) is 13.3 Å². The van der Waals surface area contributed by atoms with Crippen molar-refractivity contribution < 1.29 is 28.2 Å². The maximum absolute atomic E-state index is 13.2.